The normalized spacial score (nSPS) is 10.4. The van der Waals surface area contributed by atoms with Gasteiger partial charge in [0.2, 0.25) is 0 Å². The topological polar surface area (TPSA) is 86.5 Å². The minimum atomic E-state index is -0.935. The van der Waals surface area contributed by atoms with E-state index in [0.29, 0.717) is 27.4 Å². The van der Waals surface area contributed by atoms with Crippen LogP contribution in [0.15, 0.2) is 23.6 Å². The van der Waals surface area contributed by atoms with Gasteiger partial charge in [0, 0.05) is 12.1 Å². The van der Waals surface area contributed by atoms with Gasteiger partial charge in [0.15, 0.2) is 5.16 Å². The van der Waals surface area contributed by atoms with E-state index in [9.17, 15) is 4.79 Å². The first-order valence-corrected chi connectivity index (χ1v) is 7.09. The van der Waals surface area contributed by atoms with Crippen LogP contribution in [0.1, 0.15) is 0 Å². The molecule has 0 saturated carbocycles. The average Bonchev–Trinajstić information content (AvgIpc) is 2.92. The number of benzene rings is 1. The molecule has 1 aromatic carbocycles. The number of carboxylic acids is 1. The van der Waals surface area contributed by atoms with Crippen molar-refractivity contribution in [1.82, 2.24) is 14.8 Å². The fourth-order valence-electron chi connectivity index (χ4n) is 1.65. The highest BCUT2D eigenvalue weighted by molar-refractivity contribution is 7.99. The van der Waals surface area contributed by atoms with E-state index >= 15 is 0 Å². The van der Waals surface area contributed by atoms with Crippen LogP contribution < -0.4 is 9.47 Å². The predicted octanol–water partition coefficient (Wildman–Crippen LogP) is 2.11. The molecule has 0 aliphatic carbocycles. The minimum absolute atomic E-state index is 0.119. The number of nitrogens with zero attached hydrogens (tertiary/aromatic N) is 3. The summed E-state index contributed by atoms with van der Waals surface area (Å²) in [7, 11) is 3.01. The minimum Gasteiger partial charge on any atom is -0.495 e. The van der Waals surface area contributed by atoms with Crippen LogP contribution in [0.2, 0.25) is 5.02 Å². The second-order valence-corrected chi connectivity index (χ2v) is 5.17. The number of aromatic nitrogens is 3. The van der Waals surface area contributed by atoms with Crippen molar-refractivity contribution >= 4 is 29.3 Å². The Morgan fingerprint density at radius 2 is 2.10 bits per heavy atom. The summed E-state index contributed by atoms with van der Waals surface area (Å²) in [6.45, 7) is 0. The van der Waals surface area contributed by atoms with E-state index in [-0.39, 0.29) is 5.75 Å². The van der Waals surface area contributed by atoms with Gasteiger partial charge in [-0.25, -0.2) is 0 Å². The van der Waals surface area contributed by atoms with Crippen molar-refractivity contribution in [3.63, 3.8) is 0 Å². The maximum atomic E-state index is 10.7. The van der Waals surface area contributed by atoms with Crippen LogP contribution in [0.25, 0.3) is 5.69 Å². The van der Waals surface area contributed by atoms with Gasteiger partial charge in [0.05, 0.1) is 30.7 Å². The molecule has 1 N–H and O–H groups in total. The Hall–Kier alpha value is -1.93. The van der Waals surface area contributed by atoms with Crippen LogP contribution in [0.5, 0.6) is 11.5 Å². The lowest BCUT2D eigenvalue weighted by atomic mass is 10.2. The average molecular weight is 330 g/mol. The molecule has 2 aromatic rings. The molecule has 2 rings (SSSR count). The third-order valence-electron chi connectivity index (χ3n) is 2.55. The molecule has 0 amide bonds. The smallest absolute Gasteiger partial charge is 0.313 e. The number of halogens is 1. The molecule has 0 atom stereocenters. The van der Waals surface area contributed by atoms with Crippen molar-refractivity contribution < 1.29 is 19.4 Å². The molecule has 1 heterocycles. The van der Waals surface area contributed by atoms with Gasteiger partial charge < -0.3 is 14.6 Å². The number of carboxylic acid groups (broad SMARTS) is 1. The number of thioether (sulfide) groups is 1. The van der Waals surface area contributed by atoms with Gasteiger partial charge in [0.1, 0.15) is 17.8 Å². The third kappa shape index (κ3) is 3.40. The molecule has 0 radical (unpaired) electrons. The highest BCUT2D eigenvalue weighted by Crippen LogP contribution is 2.35. The van der Waals surface area contributed by atoms with Gasteiger partial charge in [-0.2, -0.15) is 0 Å². The maximum absolute atomic E-state index is 10.7. The summed E-state index contributed by atoms with van der Waals surface area (Å²) in [5.74, 6) is -0.0885. The third-order valence-corrected chi connectivity index (χ3v) is 3.78. The van der Waals surface area contributed by atoms with Crippen LogP contribution in [-0.4, -0.2) is 45.8 Å². The van der Waals surface area contributed by atoms with E-state index < -0.39 is 5.97 Å². The molecular formula is C12H12ClN3O4S. The molecule has 0 aliphatic heterocycles. The Labute approximate surface area is 129 Å². The molecule has 0 fully saturated rings. The van der Waals surface area contributed by atoms with Crippen molar-refractivity contribution in [3.8, 4) is 17.2 Å². The Kier molecular flexibility index (Phi) is 4.92. The second-order valence-electron chi connectivity index (χ2n) is 3.82. The van der Waals surface area contributed by atoms with Gasteiger partial charge in [-0.05, 0) is 0 Å². The lowest BCUT2D eigenvalue weighted by molar-refractivity contribution is -0.133. The number of aliphatic carboxylic acids is 1. The summed E-state index contributed by atoms with van der Waals surface area (Å²) in [5.41, 5.74) is 0.608. The lowest BCUT2D eigenvalue weighted by Crippen LogP contribution is -2.03. The number of carbonyl (C=O) groups is 1. The fraction of sp³-hybridized carbons (Fsp3) is 0.250. The van der Waals surface area contributed by atoms with E-state index in [1.807, 2.05) is 0 Å². The SMILES string of the molecule is COc1cc(-n2cnnc2SCC(=O)O)c(OC)cc1Cl. The molecular weight excluding hydrogens is 318 g/mol. The van der Waals surface area contributed by atoms with Gasteiger partial charge in [0.25, 0.3) is 0 Å². The largest absolute Gasteiger partial charge is 0.495 e. The summed E-state index contributed by atoms with van der Waals surface area (Å²) in [6, 6.07) is 3.29. The molecule has 0 aliphatic rings. The monoisotopic (exact) mass is 329 g/mol. The van der Waals surface area contributed by atoms with E-state index in [1.165, 1.54) is 20.5 Å². The number of hydrogen-bond acceptors (Lipinski definition) is 6. The van der Waals surface area contributed by atoms with Crippen LogP contribution in [0, 0.1) is 0 Å². The molecule has 1 aromatic heterocycles. The van der Waals surface area contributed by atoms with Crippen molar-refractivity contribution in [3.05, 3.63) is 23.5 Å². The van der Waals surface area contributed by atoms with Crippen molar-refractivity contribution in [1.29, 1.82) is 0 Å². The Bertz CT molecular complexity index is 662. The summed E-state index contributed by atoms with van der Waals surface area (Å²) in [6.07, 6.45) is 1.47. The van der Waals surface area contributed by atoms with E-state index in [2.05, 4.69) is 10.2 Å². The summed E-state index contributed by atoms with van der Waals surface area (Å²) >= 11 is 7.11. The highest BCUT2D eigenvalue weighted by Gasteiger charge is 2.16. The standard InChI is InChI=1S/C12H12ClN3O4S/c1-19-9-4-8(10(20-2)3-7(9)13)16-6-14-15-12(16)21-5-11(17)18/h3-4,6H,5H2,1-2H3,(H,17,18). The predicted molar refractivity (Wildman–Crippen MR) is 77.8 cm³/mol. The molecule has 9 heteroatoms. The first kappa shape index (κ1) is 15.5. The Morgan fingerprint density at radius 3 is 2.71 bits per heavy atom. The number of hydrogen-bond donors (Lipinski definition) is 1. The fourth-order valence-corrected chi connectivity index (χ4v) is 2.52. The Morgan fingerprint density at radius 1 is 1.38 bits per heavy atom. The zero-order chi connectivity index (χ0) is 15.4. The summed E-state index contributed by atoms with van der Waals surface area (Å²) in [5, 5.41) is 17.3. The molecule has 0 spiro atoms. The van der Waals surface area contributed by atoms with E-state index in [0.717, 1.165) is 11.8 Å². The maximum Gasteiger partial charge on any atom is 0.313 e. The molecule has 0 saturated heterocycles. The summed E-state index contributed by atoms with van der Waals surface area (Å²) in [4.78, 5) is 10.7. The zero-order valence-corrected chi connectivity index (χ0v) is 12.8. The van der Waals surface area contributed by atoms with Crippen LogP contribution in [0.3, 0.4) is 0 Å². The van der Waals surface area contributed by atoms with Crippen molar-refractivity contribution in [2.24, 2.45) is 0 Å². The first-order valence-electron chi connectivity index (χ1n) is 5.73. The number of ether oxygens (including phenoxy) is 2. The summed E-state index contributed by atoms with van der Waals surface area (Å²) < 4.78 is 12.1. The highest BCUT2D eigenvalue weighted by atomic mass is 35.5. The molecule has 21 heavy (non-hydrogen) atoms. The number of rotatable bonds is 6. The van der Waals surface area contributed by atoms with Crippen molar-refractivity contribution in [2.75, 3.05) is 20.0 Å². The zero-order valence-electron chi connectivity index (χ0n) is 11.2. The van der Waals surface area contributed by atoms with Gasteiger partial charge in [-0.3, -0.25) is 9.36 Å². The Balaban J connectivity index is 2.46. The van der Waals surface area contributed by atoms with Crippen LogP contribution in [-0.2, 0) is 4.79 Å². The first-order chi connectivity index (χ1) is 10.1. The number of methoxy groups -OCH3 is 2. The van der Waals surface area contributed by atoms with Gasteiger partial charge >= 0.3 is 5.97 Å². The molecule has 0 unspecified atom stereocenters. The van der Waals surface area contributed by atoms with Gasteiger partial charge in [-0.15, -0.1) is 10.2 Å². The lowest BCUT2D eigenvalue weighted by Gasteiger charge is -2.13. The molecule has 7 nitrogen and oxygen atoms in total. The quantitative estimate of drug-likeness (QED) is 0.812. The van der Waals surface area contributed by atoms with E-state index in [1.54, 1.807) is 16.7 Å². The van der Waals surface area contributed by atoms with Crippen LogP contribution in [0.4, 0.5) is 0 Å². The van der Waals surface area contributed by atoms with E-state index in [4.69, 9.17) is 26.2 Å². The van der Waals surface area contributed by atoms with Crippen molar-refractivity contribution in [2.45, 2.75) is 5.16 Å². The van der Waals surface area contributed by atoms with Crippen LogP contribution >= 0.6 is 23.4 Å². The molecule has 0 bridgehead atoms. The van der Waals surface area contributed by atoms with Gasteiger partial charge in [-0.1, -0.05) is 23.4 Å². The molecule has 112 valence electrons. The second kappa shape index (κ2) is 6.68.